The van der Waals surface area contributed by atoms with Crippen LogP contribution in [-0.2, 0) is 0 Å². The number of amides is 1. The maximum absolute atomic E-state index is 13.7. The third-order valence-corrected chi connectivity index (χ3v) is 3.46. The molecule has 1 heterocycles. The summed E-state index contributed by atoms with van der Waals surface area (Å²) in [6.45, 7) is 1.79. The summed E-state index contributed by atoms with van der Waals surface area (Å²) in [6.07, 6.45) is 0. The Bertz CT molecular complexity index is 841. The number of hydrogen-bond donors (Lipinski definition) is 1. The number of carbonyl (C=O) groups is 1. The van der Waals surface area contributed by atoms with Crippen LogP contribution in [0.25, 0.3) is 11.0 Å². The predicted octanol–water partition coefficient (Wildman–Crippen LogP) is 4.79. The summed E-state index contributed by atoms with van der Waals surface area (Å²) in [4.78, 5) is 12.2. The van der Waals surface area contributed by atoms with Crippen molar-refractivity contribution in [1.29, 1.82) is 0 Å². The maximum Gasteiger partial charge on any atom is 0.291 e. The number of hydrogen-bond acceptors (Lipinski definition) is 2. The molecule has 1 aromatic heterocycles. The monoisotopic (exact) mass is 303 g/mol. The Morgan fingerprint density at radius 2 is 2.00 bits per heavy atom. The molecule has 0 fully saturated rings. The van der Waals surface area contributed by atoms with Gasteiger partial charge in [0.15, 0.2) is 5.76 Å². The number of halogens is 2. The van der Waals surface area contributed by atoms with Gasteiger partial charge < -0.3 is 9.73 Å². The number of nitrogens with one attached hydrogen (secondary N) is 1. The van der Waals surface area contributed by atoms with Crippen molar-refractivity contribution in [2.24, 2.45) is 0 Å². The first-order chi connectivity index (χ1) is 10.1. The van der Waals surface area contributed by atoms with E-state index < -0.39 is 11.7 Å². The van der Waals surface area contributed by atoms with Gasteiger partial charge in [0.05, 0.1) is 5.69 Å². The van der Waals surface area contributed by atoms with Crippen LogP contribution in [0.2, 0.25) is 5.02 Å². The predicted molar refractivity (Wildman–Crippen MR) is 80.3 cm³/mol. The molecular formula is C16H11ClFNO2. The highest BCUT2D eigenvalue weighted by molar-refractivity contribution is 6.30. The van der Waals surface area contributed by atoms with Gasteiger partial charge in [-0.2, -0.15) is 0 Å². The van der Waals surface area contributed by atoms with Gasteiger partial charge in [0.1, 0.15) is 11.4 Å². The summed E-state index contributed by atoms with van der Waals surface area (Å²) in [7, 11) is 0. The quantitative estimate of drug-likeness (QED) is 0.740. The zero-order valence-electron chi connectivity index (χ0n) is 11.1. The fourth-order valence-corrected chi connectivity index (χ4v) is 2.32. The van der Waals surface area contributed by atoms with Gasteiger partial charge in [-0.05, 0) is 31.2 Å². The molecule has 0 saturated heterocycles. The fourth-order valence-electron chi connectivity index (χ4n) is 2.16. The average Bonchev–Trinajstić information content (AvgIpc) is 2.80. The molecule has 0 bridgehead atoms. The normalized spacial score (nSPS) is 10.8. The number of carbonyl (C=O) groups excluding carboxylic acids is 1. The molecule has 0 radical (unpaired) electrons. The van der Waals surface area contributed by atoms with Gasteiger partial charge in [0.2, 0.25) is 0 Å². The van der Waals surface area contributed by atoms with Gasteiger partial charge >= 0.3 is 0 Å². The van der Waals surface area contributed by atoms with E-state index in [-0.39, 0.29) is 16.5 Å². The minimum Gasteiger partial charge on any atom is -0.451 e. The second kappa shape index (κ2) is 5.22. The van der Waals surface area contributed by atoms with E-state index in [1.54, 1.807) is 13.0 Å². The van der Waals surface area contributed by atoms with E-state index in [0.29, 0.717) is 5.58 Å². The number of benzene rings is 2. The van der Waals surface area contributed by atoms with Gasteiger partial charge in [-0.3, -0.25) is 4.79 Å². The van der Waals surface area contributed by atoms with Crippen LogP contribution < -0.4 is 5.32 Å². The molecule has 0 unspecified atom stereocenters. The topological polar surface area (TPSA) is 42.2 Å². The maximum atomic E-state index is 13.7. The molecule has 0 aliphatic carbocycles. The van der Waals surface area contributed by atoms with Crippen LogP contribution in [0, 0.1) is 12.7 Å². The van der Waals surface area contributed by atoms with Crippen molar-refractivity contribution >= 4 is 34.2 Å². The van der Waals surface area contributed by atoms with Crippen molar-refractivity contribution in [2.45, 2.75) is 6.92 Å². The lowest BCUT2D eigenvalue weighted by Crippen LogP contribution is -2.13. The van der Waals surface area contributed by atoms with Crippen molar-refractivity contribution in [3.8, 4) is 0 Å². The molecule has 3 rings (SSSR count). The molecule has 3 nitrogen and oxygen atoms in total. The summed E-state index contributed by atoms with van der Waals surface area (Å²) in [5.74, 6) is -0.917. The Kier molecular flexibility index (Phi) is 3.39. The zero-order valence-corrected chi connectivity index (χ0v) is 11.9. The molecule has 3 aromatic rings. The smallest absolute Gasteiger partial charge is 0.291 e. The third kappa shape index (κ3) is 2.50. The molecule has 5 heteroatoms. The van der Waals surface area contributed by atoms with Crippen LogP contribution in [0.5, 0.6) is 0 Å². The molecule has 0 aliphatic heterocycles. The molecule has 0 aliphatic rings. The van der Waals surface area contributed by atoms with E-state index >= 15 is 0 Å². The minimum atomic E-state index is -0.593. The number of aryl methyl sites for hydroxylation is 1. The first kappa shape index (κ1) is 13.6. The Labute approximate surface area is 125 Å². The molecule has 0 atom stereocenters. The summed E-state index contributed by atoms with van der Waals surface area (Å²) in [6, 6.07) is 11.4. The highest BCUT2D eigenvalue weighted by Crippen LogP contribution is 2.26. The van der Waals surface area contributed by atoms with Crippen LogP contribution in [-0.4, -0.2) is 5.91 Å². The minimum absolute atomic E-state index is 0.0595. The van der Waals surface area contributed by atoms with Crippen molar-refractivity contribution in [1.82, 2.24) is 0 Å². The number of rotatable bonds is 2. The largest absolute Gasteiger partial charge is 0.451 e. The summed E-state index contributed by atoms with van der Waals surface area (Å²) in [5.41, 5.74) is 1.40. The number of anilines is 1. The van der Waals surface area contributed by atoms with Gasteiger partial charge in [-0.15, -0.1) is 0 Å². The van der Waals surface area contributed by atoms with E-state index in [4.69, 9.17) is 16.0 Å². The third-order valence-electron chi connectivity index (χ3n) is 3.23. The van der Waals surface area contributed by atoms with Crippen LogP contribution in [0.3, 0.4) is 0 Å². The Hall–Kier alpha value is -2.33. The molecular weight excluding hydrogens is 293 g/mol. The van der Waals surface area contributed by atoms with E-state index in [1.807, 2.05) is 18.2 Å². The fraction of sp³-hybridized carbons (Fsp3) is 0.0625. The molecule has 0 saturated carbocycles. The number of furan rings is 1. The van der Waals surface area contributed by atoms with E-state index in [9.17, 15) is 9.18 Å². The first-order valence-electron chi connectivity index (χ1n) is 6.31. The lowest BCUT2D eigenvalue weighted by atomic mass is 10.1. The molecule has 0 spiro atoms. The Morgan fingerprint density at radius 1 is 1.24 bits per heavy atom. The average molecular weight is 304 g/mol. The van der Waals surface area contributed by atoms with E-state index in [1.165, 1.54) is 12.1 Å². The lowest BCUT2D eigenvalue weighted by molar-refractivity contribution is 0.0997. The van der Waals surface area contributed by atoms with Gasteiger partial charge in [0, 0.05) is 16.0 Å². The molecule has 1 amide bonds. The van der Waals surface area contributed by atoms with Crippen LogP contribution >= 0.6 is 11.6 Å². The highest BCUT2D eigenvalue weighted by Gasteiger charge is 2.18. The van der Waals surface area contributed by atoms with Crippen LogP contribution in [0.15, 0.2) is 46.9 Å². The SMILES string of the molecule is Cc1c(C(=O)Nc2ccc(Cl)cc2F)oc2ccccc12. The Morgan fingerprint density at radius 3 is 2.71 bits per heavy atom. The zero-order chi connectivity index (χ0) is 15.0. The number of fused-ring (bicyclic) bond motifs is 1. The van der Waals surface area contributed by atoms with E-state index in [2.05, 4.69) is 5.32 Å². The van der Waals surface area contributed by atoms with Crippen molar-refractivity contribution in [3.05, 3.63) is 64.6 Å². The van der Waals surface area contributed by atoms with Crippen molar-refractivity contribution < 1.29 is 13.6 Å². The van der Waals surface area contributed by atoms with Crippen LogP contribution in [0.1, 0.15) is 16.1 Å². The lowest BCUT2D eigenvalue weighted by Gasteiger charge is -2.05. The second-order valence-corrected chi connectivity index (χ2v) is 5.07. The first-order valence-corrected chi connectivity index (χ1v) is 6.68. The summed E-state index contributed by atoms with van der Waals surface area (Å²) in [5, 5.41) is 3.62. The molecule has 2 aromatic carbocycles. The Balaban J connectivity index is 1.95. The van der Waals surface area contributed by atoms with Gasteiger partial charge in [-0.1, -0.05) is 29.8 Å². The molecule has 21 heavy (non-hydrogen) atoms. The van der Waals surface area contributed by atoms with E-state index in [0.717, 1.165) is 17.0 Å². The summed E-state index contributed by atoms with van der Waals surface area (Å²) >= 11 is 5.68. The van der Waals surface area contributed by atoms with Crippen LogP contribution in [0.4, 0.5) is 10.1 Å². The highest BCUT2D eigenvalue weighted by atomic mass is 35.5. The molecule has 1 N–H and O–H groups in total. The second-order valence-electron chi connectivity index (χ2n) is 4.63. The van der Waals surface area contributed by atoms with Crippen molar-refractivity contribution in [3.63, 3.8) is 0 Å². The number of para-hydroxylation sites is 1. The van der Waals surface area contributed by atoms with Crippen molar-refractivity contribution in [2.75, 3.05) is 5.32 Å². The van der Waals surface area contributed by atoms with Gasteiger partial charge in [-0.25, -0.2) is 4.39 Å². The molecule has 106 valence electrons. The standard InChI is InChI=1S/C16H11ClFNO2/c1-9-11-4-2-3-5-14(11)21-15(9)16(20)19-13-7-6-10(17)8-12(13)18/h2-8H,1H3,(H,19,20). The summed E-state index contributed by atoms with van der Waals surface area (Å²) < 4.78 is 19.2. The van der Waals surface area contributed by atoms with Gasteiger partial charge in [0.25, 0.3) is 5.91 Å².